The van der Waals surface area contributed by atoms with Gasteiger partial charge in [0.1, 0.15) is 5.76 Å². The van der Waals surface area contributed by atoms with Crippen molar-refractivity contribution in [2.45, 2.75) is 45.3 Å². The molecule has 0 N–H and O–H groups in total. The lowest BCUT2D eigenvalue weighted by Crippen LogP contribution is -2.37. The third kappa shape index (κ3) is 1.55. The van der Waals surface area contributed by atoms with Crippen molar-refractivity contribution in [2.75, 3.05) is 0 Å². The molecule has 0 spiro atoms. The van der Waals surface area contributed by atoms with Crippen LogP contribution < -0.4 is 0 Å². The number of carbonyl (C=O) groups is 1. The van der Waals surface area contributed by atoms with Gasteiger partial charge in [-0.2, -0.15) is 0 Å². The second-order valence-electron chi connectivity index (χ2n) is 4.00. The molecule has 0 aromatic heterocycles. The van der Waals surface area contributed by atoms with Crippen molar-refractivity contribution < 1.29 is 14.3 Å². The van der Waals surface area contributed by atoms with Crippen molar-refractivity contribution in [3.8, 4) is 0 Å². The maximum absolute atomic E-state index is 11.5. The van der Waals surface area contributed by atoms with Crippen LogP contribution in [0, 0.1) is 0 Å². The van der Waals surface area contributed by atoms with E-state index in [-0.39, 0.29) is 5.97 Å². The first-order chi connectivity index (χ1) is 6.08. The molecule has 0 fully saturated rings. The largest absolute Gasteiger partial charge is 0.457 e. The Bertz CT molecular complexity index is 276. The quantitative estimate of drug-likeness (QED) is 0.538. The van der Waals surface area contributed by atoms with Crippen LogP contribution in [-0.2, 0) is 14.3 Å². The van der Waals surface area contributed by atoms with Gasteiger partial charge in [0.25, 0.3) is 0 Å². The molecule has 2 rings (SSSR count). The van der Waals surface area contributed by atoms with Gasteiger partial charge in [0.05, 0.1) is 5.57 Å². The van der Waals surface area contributed by atoms with Crippen LogP contribution in [0.4, 0.5) is 0 Å². The molecule has 0 saturated carbocycles. The zero-order valence-corrected chi connectivity index (χ0v) is 8.05. The fraction of sp³-hybridized carbons (Fsp3) is 0.700. The second kappa shape index (κ2) is 2.76. The van der Waals surface area contributed by atoms with Crippen LogP contribution in [0.1, 0.15) is 39.5 Å². The summed E-state index contributed by atoms with van der Waals surface area (Å²) in [5, 5.41) is 0. The van der Waals surface area contributed by atoms with E-state index in [1.165, 1.54) is 0 Å². The molecule has 0 aromatic rings. The van der Waals surface area contributed by atoms with E-state index in [9.17, 15) is 4.79 Å². The molecule has 3 heteroatoms. The monoisotopic (exact) mass is 182 g/mol. The lowest BCUT2D eigenvalue weighted by atomic mass is 9.96. The fourth-order valence-corrected chi connectivity index (χ4v) is 1.81. The molecule has 72 valence electrons. The summed E-state index contributed by atoms with van der Waals surface area (Å²) in [5.41, 5.74) is 0.755. The zero-order valence-electron chi connectivity index (χ0n) is 8.05. The molecule has 0 aromatic carbocycles. The van der Waals surface area contributed by atoms with E-state index < -0.39 is 5.79 Å². The summed E-state index contributed by atoms with van der Waals surface area (Å²) >= 11 is 0. The number of allylic oxidation sites excluding steroid dienone is 1. The number of carbonyl (C=O) groups excluding carboxylic acids is 1. The molecular weight excluding hydrogens is 168 g/mol. The summed E-state index contributed by atoms with van der Waals surface area (Å²) in [6.07, 6.45) is 3.87. The van der Waals surface area contributed by atoms with Gasteiger partial charge in [0.15, 0.2) is 0 Å². The molecular formula is C10H14O3. The summed E-state index contributed by atoms with van der Waals surface area (Å²) in [6, 6.07) is 0. The highest BCUT2D eigenvalue weighted by atomic mass is 16.7. The summed E-state index contributed by atoms with van der Waals surface area (Å²) < 4.78 is 10.7. The van der Waals surface area contributed by atoms with Gasteiger partial charge < -0.3 is 9.47 Å². The fourth-order valence-electron chi connectivity index (χ4n) is 1.81. The maximum Gasteiger partial charge on any atom is 0.340 e. The Morgan fingerprint density at radius 2 is 1.85 bits per heavy atom. The minimum Gasteiger partial charge on any atom is -0.457 e. The molecule has 0 saturated heterocycles. The van der Waals surface area contributed by atoms with E-state index in [4.69, 9.17) is 9.47 Å². The SMILES string of the molecule is CC1(C)OC(=O)C2=C(CCCC2)O1. The van der Waals surface area contributed by atoms with E-state index in [1.807, 2.05) is 0 Å². The molecule has 0 unspecified atom stereocenters. The van der Waals surface area contributed by atoms with E-state index >= 15 is 0 Å². The Kier molecular flexibility index (Phi) is 1.82. The van der Waals surface area contributed by atoms with Crippen molar-refractivity contribution in [2.24, 2.45) is 0 Å². The molecule has 13 heavy (non-hydrogen) atoms. The molecule has 1 aliphatic carbocycles. The van der Waals surface area contributed by atoms with Gasteiger partial charge >= 0.3 is 5.97 Å². The van der Waals surface area contributed by atoms with Gasteiger partial charge in [0.2, 0.25) is 5.79 Å². The van der Waals surface area contributed by atoms with Crippen LogP contribution in [0.2, 0.25) is 0 Å². The third-order valence-electron chi connectivity index (χ3n) is 2.37. The second-order valence-corrected chi connectivity index (χ2v) is 4.00. The van der Waals surface area contributed by atoms with E-state index in [1.54, 1.807) is 13.8 Å². The zero-order chi connectivity index (χ0) is 9.47. The number of cyclic esters (lactones) is 1. The van der Waals surface area contributed by atoms with E-state index in [0.717, 1.165) is 37.0 Å². The highest BCUT2D eigenvalue weighted by Crippen LogP contribution is 2.34. The smallest absolute Gasteiger partial charge is 0.340 e. The van der Waals surface area contributed by atoms with Gasteiger partial charge in [-0.3, -0.25) is 0 Å². The number of esters is 1. The van der Waals surface area contributed by atoms with E-state index in [2.05, 4.69) is 0 Å². The molecule has 0 bridgehead atoms. The lowest BCUT2D eigenvalue weighted by Gasteiger charge is -2.35. The van der Waals surface area contributed by atoms with E-state index in [0.29, 0.717) is 0 Å². The molecule has 0 atom stereocenters. The van der Waals surface area contributed by atoms with Gasteiger partial charge in [-0.25, -0.2) is 4.79 Å². The van der Waals surface area contributed by atoms with Crippen LogP contribution in [0.15, 0.2) is 11.3 Å². The molecule has 2 aliphatic rings. The van der Waals surface area contributed by atoms with Crippen LogP contribution in [0.3, 0.4) is 0 Å². The van der Waals surface area contributed by atoms with Gasteiger partial charge in [0, 0.05) is 20.3 Å². The summed E-state index contributed by atoms with van der Waals surface area (Å²) in [6.45, 7) is 3.53. The Morgan fingerprint density at radius 3 is 2.62 bits per heavy atom. The van der Waals surface area contributed by atoms with Crippen molar-refractivity contribution in [1.29, 1.82) is 0 Å². The molecule has 3 nitrogen and oxygen atoms in total. The minimum absolute atomic E-state index is 0.189. The average Bonchev–Trinajstić information content (AvgIpc) is 2.02. The minimum atomic E-state index is -0.771. The highest BCUT2D eigenvalue weighted by Gasteiger charge is 2.36. The van der Waals surface area contributed by atoms with Crippen LogP contribution in [0.5, 0.6) is 0 Å². The van der Waals surface area contributed by atoms with Crippen molar-refractivity contribution in [3.05, 3.63) is 11.3 Å². The number of ether oxygens (including phenoxy) is 2. The Labute approximate surface area is 77.7 Å². The Hall–Kier alpha value is -0.990. The summed E-state index contributed by atoms with van der Waals surface area (Å²) in [7, 11) is 0. The summed E-state index contributed by atoms with van der Waals surface area (Å²) in [4.78, 5) is 11.5. The molecule has 0 radical (unpaired) electrons. The van der Waals surface area contributed by atoms with Gasteiger partial charge in [-0.05, 0) is 19.3 Å². The maximum atomic E-state index is 11.5. The first-order valence-electron chi connectivity index (χ1n) is 4.73. The summed E-state index contributed by atoms with van der Waals surface area (Å²) in [5.74, 6) is -0.105. The van der Waals surface area contributed by atoms with Crippen molar-refractivity contribution in [3.63, 3.8) is 0 Å². The number of hydrogen-bond donors (Lipinski definition) is 0. The standard InChI is InChI=1S/C10H14O3/c1-10(2)12-8-6-4-3-5-7(8)9(11)13-10/h3-6H2,1-2H3. The Morgan fingerprint density at radius 1 is 1.15 bits per heavy atom. The molecule has 1 heterocycles. The van der Waals surface area contributed by atoms with Crippen LogP contribution in [-0.4, -0.2) is 11.8 Å². The number of rotatable bonds is 0. The lowest BCUT2D eigenvalue weighted by molar-refractivity contribution is -0.209. The third-order valence-corrected chi connectivity index (χ3v) is 2.37. The topological polar surface area (TPSA) is 35.5 Å². The van der Waals surface area contributed by atoms with Gasteiger partial charge in [-0.15, -0.1) is 0 Å². The predicted molar refractivity (Wildman–Crippen MR) is 46.8 cm³/mol. The van der Waals surface area contributed by atoms with Crippen LogP contribution in [0.25, 0.3) is 0 Å². The van der Waals surface area contributed by atoms with Crippen LogP contribution >= 0.6 is 0 Å². The van der Waals surface area contributed by atoms with Crippen molar-refractivity contribution in [1.82, 2.24) is 0 Å². The highest BCUT2D eigenvalue weighted by molar-refractivity contribution is 5.90. The predicted octanol–water partition coefficient (Wildman–Crippen LogP) is 2.12. The molecule has 0 amide bonds. The average molecular weight is 182 g/mol. The first kappa shape index (κ1) is 8.60. The normalized spacial score (nSPS) is 26.2. The van der Waals surface area contributed by atoms with Gasteiger partial charge in [-0.1, -0.05) is 0 Å². The molecule has 1 aliphatic heterocycles. The first-order valence-corrected chi connectivity index (χ1v) is 4.73. The Balaban J connectivity index is 2.30. The number of hydrogen-bond acceptors (Lipinski definition) is 3. The van der Waals surface area contributed by atoms with Crippen molar-refractivity contribution >= 4 is 5.97 Å².